The van der Waals surface area contributed by atoms with Gasteiger partial charge in [0.25, 0.3) is 0 Å². The van der Waals surface area contributed by atoms with Gasteiger partial charge in [-0.1, -0.05) is 135 Å². The molecule has 0 N–H and O–H groups in total. The Morgan fingerprint density at radius 3 is 1.26 bits per heavy atom. The van der Waals surface area contributed by atoms with Crippen LogP contribution in [0.5, 0.6) is 0 Å². The van der Waals surface area contributed by atoms with Crippen LogP contribution >= 0.6 is 0 Å². The normalized spacial score (nSPS) is 11.0. The second kappa shape index (κ2) is 17.3. The van der Waals surface area contributed by atoms with E-state index < -0.39 is 0 Å². The van der Waals surface area contributed by atoms with Gasteiger partial charge in [0.2, 0.25) is 0 Å². The molecule has 0 saturated carbocycles. The molecule has 0 spiro atoms. The number of anilines is 6. The second-order valence-electron chi connectivity index (χ2n) is 14.5. The van der Waals surface area contributed by atoms with Gasteiger partial charge in [-0.3, -0.25) is 0 Å². The molecular weight excluding hydrogens is 653 g/mol. The zero-order valence-corrected chi connectivity index (χ0v) is 32.3. The Labute approximate surface area is 323 Å². The molecule has 0 saturated heterocycles. The van der Waals surface area contributed by atoms with E-state index in [9.17, 15) is 0 Å². The fraction of sp³-hybridized carbons (Fsp3) is 0.192. The van der Waals surface area contributed by atoms with E-state index in [1.807, 2.05) is 0 Å². The molecule has 270 valence electrons. The van der Waals surface area contributed by atoms with Crippen LogP contribution in [0.2, 0.25) is 0 Å². The average molecular weight is 705 g/mol. The first kappa shape index (κ1) is 36.5. The molecule has 0 aliphatic heterocycles. The van der Waals surface area contributed by atoms with Crippen LogP contribution in [0, 0.1) is 13.8 Å². The van der Waals surface area contributed by atoms with Crippen molar-refractivity contribution in [2.75, 3.05) is 9.80 Å². The zero-order valence-electron chi connectivity index (χ0n) is 32.3. The summed E-state index contributed by atoms with van der Waals surface area (Å²) in [6.45, 7) is 8.81. The molecule has 7 aromatic rings. The number of aryl methyl sites for hydroxylation is 4. The summed E-state index contributed by atoms with van der Waals surface area (Å²) in [7, 11) is 0. The van der Waals surface area contributed by atoms with E-state index in [1.165, 1.54) is 70.2 Å². The number of benzene rings is 7. The van der Waals surface area contributed by atoms with Crippen LogP contribution in [0.1, 0.15) is 61.8 Å². The van der Waals surface area contributed by atoms with Crippen LogP contribution in [0.25, 0.3) is 22.3 Å². The van der Waals surface area contributed by atoms with Crippen LogP contribution in [-0.4, -0.2) is 0 Å². The minimum absolute atomic E-state index is 1.11. The summed E-state index contributed by atoms with van der Waals surface area (Å²) in [5, 5.41) is 0. The van der Waals surface area contributed by atoms with Gasteiger partial charge in [-0.25, -0.2) is 0 Å². The first-order valence-electron chi connectivity index (χ1n) is 19.7. The van der Waals surface area contributed by atoms with Crippen LogP contribution in [0.4, 0.5) is 34.1 Å². The van der Waals surface area contributed by atoms with E-state index in [-0.39, 0.29) is 0 Å². The molecule has 0 fully saturated rings. The molecule has 0 aliphatic rings. The Hall–Kier alpha value is -5.86. The minimum Gasteiger partial charge on any atom is -0.310 e. The predicted octanol–water partition coefficient (Wildman–Crippen LogP) is 15.3. The molecule has 0 bridgehead atoms. The molecule has 0 radical (unpaired) electrons. The van der Waals surface area contributed by atoms with E-state index in [0.29, 0.717) is 0 Å². The highest BCUT2D eigenvalue weighted by molar-refractivity contribution is 5.90. The van der Waals surface area contributed by atoms with Crippen molar-refractivity contribution >= 4 is 34.1 Å². The maximum atomic E-state index is 2.39. The van der Waals surface area contributed by atoms with Crippen LogP contribution in [0.3, 0.4) is 0 Å². The smallest absolute Gasteiger partial charge is 0.0468 e. The fourth-order valence-electron chi connectivity index (χ4n) is 7.26. The second-order valence-corrected chi connectivity index (χ2v) is 14.5. The Morgan fingerprint density at radius 2 is 0.778 bits per heavy atom. The van der Waals surface area contributed by atoms with Gasteiger partial charge in [0.15, 0.2) is 0 Å². The average Bonchev–Trinajstić information content (AvgIpc) is 3.22. The monoisotopic (exact) mass is 704 g/mol. The number of rotatable bonds is 14. The van der Waals surface area contributed by atoms with Crippen LogP contribution in [-0.2, 0) is 12.8 Å². The van der Waals surface area contributed by atoms with E-state index in [2.05, 4.69) is 207 Å². The summed E-state index contributed by atoms with van der Waals surface area (Å²) in [5.41, 5.74) is 16.9. The van der Waals surface area contributed by atoms with E-state index in [1.54, 1.807) is 0 Å². The highest BCUT2D eigenvalue weighted by Crippen LogP contribution is 2.43. The summed E-state index contributed by atoms with van der Waals surface area (Å²) in [6, 6.07) is 62.8. The Balaban J connectivity index is 1.37. The van der Waals surface area contributed by atoms with Gasteiger partial charge >= 0.3 is 0 Å². The van der Waals surface area contributed by atoms with Crippen molar-refractivity contribution in [3.8, 4) is 22.3 Å². The highest BCUT2D eigenvalue weighted by atomic mass is 15.1. The van der Waals surface area contributed by atoms with Crippen molar-refractivity contribution in [2.45, 2.75) is 66.2 Å². The quantitative estimate of drug-likeness (QED) is 0.111. The third kappa shape index (κ3) is 8.50. The first-order chi connectivity index (χ1) is 26.5. The fourth-order valence-corrected chi connectivity index (χ4v) is 7.26. The summed E-state index contributed by atoms with van der Waals surface area (Å²) < 4.78 is 0. The van der Waals surface area contributed by atoms with Gasteiger partial charge in [0.05, 0.1) is 0 Å². The van der Waals surface area contributed by atoms with Gasteiger partial charge < -0.3 is 9.80 Å². The maximum Gasteiger partial charge on any atom is 0.0468 e. The molecule has 0 atom stereocenters. The first-order valence-corrected chi connectivity index (χ1v) is 19.7. The van der Waals surface area contributed by atoms with E-state index >= 15 is 0 Å². The van der Waals surface area contributed by atoms with Crippen LogP contribution in [0.15, 0.2) is 170 Å². The molecule has 0 aromatic heterocycles. The summed E-state index contributed by atoms with van der Waals surface area (Å²) in [5.74, 6) is 0. The summed E-state index contributed by atoms with van der Waals surface area (Å²) >= 11 is 0. The van der Waals surface area contributed by atoms with Crippen molar-refractivity contribution < 1.29 is 0 Å². The molecule has 7 aromatic carbocycles. The highest BCUT2D eigenvalue weighted by Gasteiger charge is 2.19. The summed E-state index contributed by atoms with van der Waals surface area (Å²) in [4.78, 5) is 4.78. The number of hydrogen-bond acceptors (Lipinski definition) is 2. The maximum absolute atomic E-state index is 2.39. The van der Waals surface area contributed by atoms with Gasteiger partial charge in [-0.05, 0) is 146 Å². The number of nitrogens with zero attached hydrogens (tertiary/aromatic N) is 2. The molecular formula is C52H52N2. The SMILES string of the molecule is CCCCc1ccc(N(c2ccc(C)cc2)c2cccc(-c3cc(N(c4ccc(C)cc4)c4ccc(CCCC)cc4)ccc3-c3ccccc3)c2)cc1. The van der Waals surface area contributed by atoms with Crippen molar-refractivity contribution in [2.24, 2.45) is 0 Å². The van der Waals surface area contributed by atoms with Gasteiger partial charge in [-0.15, -0.1) is 0 Å². The lowest BCUT2D eigenvalue weighted by molar-refractivity contribution is 0.795. The van der Waals surface area contributed by atoms with Gasteiger partial charge in [-0.2, -0.15) is 0 Å². The van der Waals surface area contributed by atoms with Gasteiger partial charge in [0.1, 0.15) is 0 Å². The Morgan fingerprint density at radius 1 is 0.352 bits per heavy atom. The van der Waals surface area contributed by atoms with E-state index in [4.69, 9.17) is 0 Å². The molecule has 54 heavy (non-hydrogen) atoms. The van der Waals surface area contributed by atoms with Crippen molar-refractivity contribution in [1.82, 2.24) is 0 Å². The molecule has 2 nitrogen and oxygen atoms in total. The third-order valence-corrected chi connectivity index (χ3v) is 10.4. The van der Waals surface area contributed by atoms with Crippen molar-refractivity contribution in [1.29, 1.82) is 0 Å². The zero-order chi connectivity index (χ0) is 37.3. The lowest BCUT2D eigenvalue weighted by Crippen LogP contribution is -2.11. The Kier molecular flexibility index (Phi) is 11.7. The number of unbranched alkanes of at least 4 members (excludes halogenated alkanes) is 2. The largest absolute Gasteiger partial charge is 0.310 e. The molecule has 0 unspecified atom stereocenters. The predicted molar refractivity (Wildman–Crippen MR) is 233 cm³/mol. The topological polar surface area (TPSA) is 6.48 Å². The van der Waals surface area contributed by atoms with Crippen molar-refractivity contribution in [3.63, 3.8) is 0 Å². The molecule has 7 rings (SSSR count). The summed E-state index contributed by atoms with van der Waals surface area (Å²) in [6.07, 6.45) is 7.02. The van der Waals surface area contributed by atoms with E-state index in [0.717, 1.165) is 47.0 Å². The van der Waals surface area contributed by atoms with Crippen LogP contribution < -0.4 is 9.80 Å². The number of hydrogen-bond donors (Lipinski definition) is 0. The van der Waals surface area contributed by atoms with Crippen molar-refractivity contribution in [3.05, 3.63) is 192 Å². The standard InChI is InChI=1S/C52H52N2/c1-5-7-13-41-23-31-47(32-24-41)53(45-27-19-39(3)20-28-45)49-18-12-17-44(37-49)52-38-50(35-36-51(52)43-15-10-9-11-16-43)54(46-29-21-40(4)22-30-46)48-33-25-42(26-34-48)14-8-6-2/h9-12,15-38H,5-8,13-14H2,1-4H3. The molecule has 0 amide bonds. The molecule has 2 heteroatoms. The van der Waals surface area contributed by atoms with Gasteiger partial charge in [0, 0.05) is 34.1 Å². The Bertz CT molecular complexity index is 2230. The molecule has 0 heterocycles. The lowest BCUT2D eigenvalue weighted by atomic mass is 9.93. The minimum atomic E-state index is 1.11. The lowest BCUT2D eigenvalue weighted by Gasteiger charge is -2.28. The molecule has 0 aliphatic carbocycles. The third-order valence-electron chi connectivity index (χ3n) is 10.4.